The van der Waals surface area contributed by atoms with Gasteiger partial charge in [0, 0.05) is 17.1 Å². The first-order valence-corrected chi connectivity index (χ1v) is 6.11. The van der Waals surface area contributed by atoms with Crippen molar-refractivity contribution in [3.8, 4) is 5.75 Å². The average molecular weight is 268 g/mol. The maximum absolute atomic E-state index is 11.4. The molecule has 3 aromatic rings. The summed E-state index contributed by atoms with van der Waals surface area (Å²) in [5.41, 5.74) is 1.40. The number of carboxylic acids is 1. The quantitative estimate of drug-likeness (QED) is 0.765. The zero-order valence-corrected chi connectivity index (χ0v) is 10.5. The van der Waals surface area contributed by atoms with Crippen molar-refractivity contribution in [1.82, 2.24) is 9.55 Å². The number of aromatic hydroxyl groups is 1. The van der Waals surface area contributed by atoms with Gasteiger partial charge in [-0.15, -0.1) is 0 Å². The molecule has 0 bridgehead atoms. The largest absolute Gasteiger partial charge is 0.508 e. The highest BCUT2D eigenvalue weighted by molar-refractivity contribution is 5.93. The van der Waals surface area contributed by atoms with Crippen molar-refractivity contribution in [1.29, 1.82) is 0 Å². The van der Waals surface area contributed by atoms with Crippen LogP contribution in [0, 0.1) is 0 Å². The van der Waals surface area contributed by atoms with Gasteiger partial charge < -0.3 is 14.8 Å². The molecular formula is C15H12N2O3. The summed E-state index contributed by atoms with van der Waals surface area (Å²) in [5.74, 6) is -0.875. The fourth-order valence-electron chi connectivity index (χ4n) is 2.24. The van der Waals surface area contributed by atoms with Crippen molar-refractivity contribution in [2.75, 3.05) is 0 Å². The van der Waals surface area contributed by atoms with Gasteiger partial charge in [-0.25, -0.2) is 9.78 Å². The van der Waals surface area contributed by atoms with E-state index in [0.29, 0.717) is 11.2 Å². The van der Waals surface area contributed by atoms with Crippen LogP contribution in [0.5, 0.6) is 5.75 Å². The van der Waals surface area contributed by atoms with Crippen molar-refractivity contribution < 1.29 is 15.0 Å². The highest BCUT2D eigenvalue weighted by Crippen LogP contribution is 2.23. The van der Waals surface area contributed by atoms with E-state index in [1.54, 1.807) is 47.2 Å². The van der Waals surface area contributed by atoms with Crippen molar-refractivity contribution in [3.05, 3.63) is 59.9 Å². The van der Waals surface area contributed by atoms with Crippen molar-refractivity contribution >= 4 is 17.0 Å². The highest BCUT2D eigenvalue weighted by atomic mass is 16.4. The summed E-state index contributed by atoms with van der Waals surface area (Å²) in [6.07, 6.45) is 1.62. The lowest BCUT2D eigenvalue weighted by Gasteiger charge is -2.09. The summed E-state index contributed by atoms with van der Waals surface area (Å²) >= 11 is 0. The number of carbonyl (C=O) groups is 1. The van der Waals surface area contributed by atoms with Crippen LogP contribution in [-0.4, -0.2) is 25.7 Å². The predicted molar refractivity (Wildman–Crippen MR) is 73.9 cm³/mol. The fraction of sp³-hybridized carbons (Fsp3) is 0.0667. The second kappa shape index (κ2) is 4.70. The number of phenols is 1. The van der Waals surface area contributed by atoms with Crippen LogP contribution in [-0.2, 0) is 6.54 Å². The number of pyridine rings is 1. The van der Waals surface area contributed by atoms with Gasteiger partial charge in [-0.2, -0.15) is 0 Å². The molecule has 0 saturated heterocycles. The van der Waals surface area contributed by atoms with E-state index in [-0.39, 0.29) is 18.0 Å². The summed E-state index contributed by atoms with van der Waals surface area (Å²) in [4.78, 5) is 15.6. The first-order chi connectivity index (χ1) is 9.66. The monoisotopic (exact) mass is 268 g/mol. The molecule has 0 aliphatic carbocycles. The van der Waals surface area contributed by atoms with E-state index in [1.807, 2.05) is 6.07 Å². The van der Waals surface area contributed by atoms with E-state index in [2.05, 4.69) is 4.98 Å². The summed E-state index contributed by atoms with van der Waals surface area (Å²) in [6.45, 7) is 0.259. The molecule has 0 amide bonds. The number of nitrogens with zero attached hydrogens (tertiary/aromatic N) is 2. The molecule has 3 rings (SSSR count). The molecule has 100 valence electrons. The SMILES string of the molecule is O=C(O)c1cc2cccnc2n1Cc1ccccc1O. The van der Waals surface area contributed by atoms with E-state index < -0.39 is 5.97 Å². The van der Waals surface area contributed by atoms with Gasteiger partial charge in [0.1, 0.15) is 17.1 Å². The zero-order chi connectivity index (χ0) is 14.1. The van der Waals surface area contributed by atoms with Crippen LogP contribution in [0.4, 0.5) is 0 Å². The standard InChI is InChI=1S/C15H12N2O3/c18-13-6-2-1-4-11(13)9-17-12(15(19)20)8-10-5-3-7-16-14(10)17/h1-8,18H,9H2,(H,19,20). The molecule has 0 aliphatic rings. The third-order valence-electron chi connectivity index (χ3n) is 3.19. The Morgan fingerprint density at radius 2 is 2.00 bits per heavy atom. The number of aromatic nitrogens is 2. The predicted octanol–water partition coefficient (Wildman–Crippen LogP) is 2.49. The van der Waals surface area contributed by atoms with Gasteiger partial charge >= 0.3 is 5.97 Å². The normalized spacial score (nSPS) is 10.8. The van der Waals surface area contributed by atoms with E-state index in [9.17, 15) is 15.0 Å². The second-order valence-electron chi connectivity index (χ2n) is 4.47. The zero-order valence-electron chi connectivity index (χ0n) is 10.5. The smallest absolute Gasteiger partial charge is 0.352 e. The molecule has 1 aromatic carbocycles. The molecule has 2 aromatic heterocycles. The molecule has 0 atom stereocenters. The van der Waals surface area contributed by atoms with Crippen LogP contribution in [0.15, 0.2) is 48.7 Å². The maximum atomic E-state index is 11.4. The molecule has 0 aliphatic heterocycles. The Kier molecular flexibility index (Phi) is 2.87. The number of fused-ring (bicyclic) bond motifs is 1. The van der Waals surface area contributed by atoms with Crippen molar-refractivity contribution in [3.63, 3.8) is 0 Å². The Morgan fingerprint density at radius 3 is 2.75 bits per heavy atom. The minimum absolute atomic E-state index is 0.140. The molecule has 2 heterocycles. The molecule has 0 unspecified atom stereocenters. The Hall–Kier alpha value is -2.82. The number of para-hydroxylation sites is 1. The van der Waals surface area contributed by atoms with Gasteiger partial charge in [0.15, 0.2) is 0 Å². The fourth-order valence-corrected chi connectivity index (χ4v) is 2.24. The lowest BCUT2D eigenvalue weighted by atomic mass is 10.2. The summed E-state index contributed by atoms with van der Waals surface area (Å²) < 4.78 is 1.59. The third-order valence-corrected chi connectivity index (χ3v) is 3.19. The molecule has 2 N–H and O–H groups in total. The molecule has 0 spiro atoms. The Bertz CT molecular complexity index is 793. The van der Waals surface area contributed by atoms with Crippen LogP contribution in [0.25, 0.3) is 11.0 Å². The minimum Gasteiger partial charge on any atom is -0.508 e. The van der Waals surface area contributed by atoms with Gasteiger partial charge in [-0.1, -0.05) is 18.2 Å². The van der Waals surface area contributed by atoms with Gasteiger partial charge in [0.2, 0.25) is 0 Å². The number of hydrogen-bond donors (Lipinski definition) is 2. The van der Waals surface area contributed by atoms with Crippen LogP contribution in [0.1, 0.15) is 16.1 Å². The van der Waals surface area contributed by atoms with Gasteiger partial charge in [0.05, 0.1) is 6.54 Å². The van der Waals surface area contributed by atoms with Crippen LogP contribution >= 0.6 is 0 Å². The first-order valence-electron chi connectivity index (χ1n) is 6.11. The number of phenolic OH excluding ortho intramolecular Hbond substituents is 1. The highest BCUT2D eigenvalue weighted by Gasteiger charge is 2.16. The molecule has 5 heteroatoms. The molecule has 0 saturated carbocycles. The Labute approximate surface area is 114 Å². The number of carboxylic acid groups (broad SMARTS) is 1. The van der Waals surface area contributed by atoms with E-state index in [4.69, 9.17) is 0 Å². The lowest BCUT2D eigenvalue weighted by Crippen LogP contribution is -2.10. The number of benzene rings is 1. The molecular weight excluding hydrogens is 256 g/mol. The molecule has 20 heavy (non-hydrogen) atoms. The minimum atomic E-state index is -1.02. The number of hydrogen-bond acceptors (Lipinski definition) is 3. The van der Waals surface area contributed by atoms with Crippen LogP contribution < -0.4 is 0 Å². The second-order valence-corrected chi connectivity index (χ2v) is 4.47. The summed E-state index contributed by atoms with van der Waals surface area (Å²) in [6, 6.07) is 12.0. The number of rotatable bonds is 3. The van der Waals surface area contributed by atoms with Crippen molar-refractivity contribution in [2.24, 2.45) is 0 Å². The van der Waals surface area contributed by atoms with Crippen molar-refractivity contribution in [2.45, 2.75) is 6.54 Å². The summed E-state index contributed by atoms with van der Waals surface area (Å²) in [7, 11) is 0. The Morgan fingerprint density at radius 1 is 1.20 bits per heavy atom. The Balaban J connectivity index is 2.17. The molecule has 0 fully saturated rings. The van der Waals surface area contributed by atoms with Gasteiger partial charge in [-0.05, 0) is 24.3 Å². The van der Waals surface area contributed by atoms with E-state index in [1.165, 1.54) is 0 Å². The topological polar surface area (TPSA) is 75.3 Å². The number of aromatic carboxylic acids is 1. The van der Waals surface area contributed by atoms with E-state index >= 15 is 0 Å². The lowest BCUT2D eigenvalue weighted by molar-refractivity contribution is 0.0686. The third kappa shape index (κ3) is 1.99. The van der Waals surface area contributed by atoms with Crippen LogP contribution in [0.2, 0.25) is 0 Å². The summed E-state index contributed by atoms with van der Waals surface area (Å²) in [5, 5.41) is 19.9. The first kappa shape index (κ1) is 12.2. The molecule has 5 nitrogen and oxygen atoms in total. The van der Waals surface area contributed by atoms with Gasteiger partial charge in [-0.3, -0.25) is 0 Å². The van der Waals surface area contributed by atoms with Gasteiger partial charge in [0.25, 0.3) is 0 Å². The average Bonchev–Trinajstić information content (AvgIpc) is 2.81. The van der Waals surface area contributed by atoms with Crippen LogP contribution in [0.3, 0.4) is 0 Å². The molecule has 0 radical (unpaired) electrons. The maximum Gasteiger partial charge on any atom is 0.352 e. The van der Waals surface area contributed by atoms with E-state index in [0.717, 1.165) is 5.39 Å².